The molecule has 0 spiro atoms. The van der Waals surface area contributed by atoms with Crippen LogP contribution in [0.25, 0.3) is 0 Å². The highest BCUT2D eigenvalue weighted by atomic mass is 16.5. The molecular weight excluding hydrogens is 276 g/mol. The van der Waals surface area contributed by atoms with E-state index >= 15 is 0 Å². The maximum Gasteiger partial charge on any atom is 0.358 e. The van der Waals surface area contributed by atoms with Gasteiger partial charge < -0.3 is 15.6 Å². The Morgan fingerprint density at radius 2 is 2.00 bits per heavy atom. The normalized spacial score (nSPS) is 10.3. The molecule has 0 radical (unpaired) electrons. The molecular formula is C13H14N4O4. The SMILES string of the molecule is NC(=O)Cn1nnc(C(=O)O)c1CCOc1ccccc1. The lowest BCUT2D eigenvalue weighted by Gasteiger charge is -2.07. The van der Waals surface area contributed by atoms with Crippen molar-refractivity contribution < 1.29 is 19.4 Å². The van der Waals surface area contributed by atoms with Crippen LogP contribution in [0, 0.1) is 0 Å². The lowest BCUT2D eigenvalue weighted by Crippen LogP contribution is -2.22. The molecule has 0 saturated carbocycles. The van der Waals surface area contributed by atoms with Crippen molar-refractivity contribution in [1.29, 1.82) is 0 Å². The fourth-order valence-corrected chi connectivity index (χ4v) is 1.80. The van der Waals surface area contributed by atoms with Gasteiger partial charge in [0.15, 0.2) is 5.69 Å². The summed E-state index contributed by atoms with van der Waals surface area (Å²) in [5.41, 5.74) is 5.19. The first-order valence-corrected chi connectivity index (χ1v) is 6.19. The number of rotatable bonds is 7. The molecule has 0 aliphatic carbocycles. The fourth-order valence-electron chi connectivity index (χ4n) is 1.80. The Balaban J connectivity index is 2.08. The standard InChI is InChI=1S/C13H14N4O4/c14-11(18)8-17-10(12(13(19)20)15-16-17)6-7-21-9-4-2-1-3-5-9/h1-5H,6-8H2,(H2,14,18)(H,19,20). The molecule has 1 amide bonds. The van der Waals surface area contributed by atoms with Gasteiger partial charge in [0.1, 0.15) is 12.3 Å². The van der Waals surface area contributed by atoms with Gasteiger partial charge in [-0.25, -0.2) is 9.48 Å². The van der Waals surface area contributed by atoms with Gasteiger partial charge in [-0.3, -0.25) is 4.79 Å². The number of carbonyl (C=O) groups excluding carboxylic acids is 1. The molecule has 21 heavy (non-hydrogen) atoms. The minimum absolute atomic E-state index is 0.201. The molecule has 110 valence electrons. The number of hydrogen-bond donors (Lipinski definition) is 2. The van der Waals surface area contributed by atoms with E-state index in [-0.39, 0.29) is 25.3 Å². The number of carbonyl (C=O) groups is 2. The number of amides is 1. The predicted octanol–water partition coefficient (Wildman–Crippen LogP) is 0.0831. The van der Waals surface area contributed by atoms with E-state index in [2.05, 4.69) is 10.3 Å². The Bertz CT molecular complexity index is 639. The van der Waals surface area contributed by atoms with Gasteiger partial charge in [-0.15, -0.1) is 5.10 Å². The summed E-state index contributed by atoms with van der Waals surface area (Å²) in [6, 6.07) is 9.10. The summed E-state index contributed by atoms with van der Waals surface area (Å²) in [5, 5.41) is 16.2. The van der Waals surface area contributed by atoms with E-state index in [0.29, 0.717) is 11.4 Å². The second kappa shape index (κ2) is 6.51. The Morgan fingerprint density at radius 1 is 1.29 bits per heavy atom. The Kier molecular flexibility index (Phi) is 4.50. The summed E-state index contributed by atoms with van der Waals surface area (Å²) in [6.45, 7) is 0.0113. The van der Waals surface area contributed by atoms with Crippen molar-refractivity contribution >= 4 is 11.9 Å². The molecule has 0 aliphatic rings. The number of benzene rings is 1. The lowest BCUT2D eigenvalue weighted by atomic mass is 10.2. The van der Waals surface area contributed by atoms with Crippen LogP contribution >= 0.6 is 0 Å². The highest BCUT2D eigenvalue weighted by molar-refractivity contribution is 5.86. The number of para-hydroxylation sites is 1. The zero-order valence-corrected chi connectivity index (χ0v) is 11.1. The number of nitrogens with two attached hydrogens (primary N) is 1. The van der Waals surface area contributed by atoms with Crippen LogP contribution < -0.4 is 10.5 Å². The number of primary amides is 1. The van der Waals surface area contributed by atoms with Crippen LogP contribution in [-0.4, -0.2) is 38.6 Å². The Labute approximate surface area is 120 Å². The van der Waals surface area contributed by atoms with Gasteiger partial charge in [0.05, 0.1) is 12.3 Å². The van der Waals surface area contributed by atoms with E-state index in [4.69, 9.17) is 15.6 Å². The van der Waals surface area contributed by atoms with Crippen LogP contribution in [0.5, 0.6) is 5.75 Å². The highest BCUT2D eigenvalue weighted by Crippen LogP contribution is 2.11. The first-order valence-electron chi connectivity index (χ1n) is 6.19. The maximum atomic E-state index is 11.1. The third kappa shape index (κ3) is 3.78. The van der Waals surface area contributed by atoms with Gasteiger partial charge in [-0.05, 0) is 12.1 Å². The first kappa shape index (κ1) is 14.5. The van der Waals surface area contributed by atoms with Crippen molar-refractivity contribution in [3.05, 3.63) is 41.7 Å². The minimum Gasteiger partial charge on any atom is -0.493 e. The second-order valence-electron chi connectivity index (χ2n) is 4.23. The van der Waals surface area contributed by atoms with Gasteiger partial charge in [0.25, 0.3) is 0 Å². The average molecular weight is 290 g/mol. The predicted molar refractivity (Wildman–Crippen MR) is 71.8 cm³/mol. The topological polar surface area (TPSA) is 120 Å². The molecule has 8 heteroatoms. The molecule has 1 aromatic carbocycles. The summed E-state index contributed by atoms with van der Waals surface area (Å²) in [7, 11) is 0. The number of hydrogen-bond acceptors (Lipinski definition) is 5. The number of aromatic nitrogens is 3. The molecule has 0 unspecified atom stereocenters. The molecule has 8 nitrogen and oxygen atoms in total. The Morgan fingerprint density at radius 3 is 2.62 bits per heavy atom. The summed E-state index contributed by atoms with van der Waals surface area (Å²) in [4.78, 5) is 22.0. The third-order valence-electron chi connectivity index (χ3n) is 2.70. The smallest absolute Gasteiger partial charge is 0.358 e. The summed E-state index contributed by atoms with van der Waals surface area (Å²) in [6.07, 6.45) is 0.247. The number of nitrogens with zero attached hydrogens (tertiary/aromatic N) is 3. The third-order valence-corrected chi connectivity index (χ3v) is 2.70. The first-order chi connectivity index (χ1) is 10.1. The molecule has 2 aromatic rings. The summed E-state index contributed by atoms with van der Waals surface area (Å²) in [5.74, 6) is -1.16. The van der Waals surface area contributed by atoms with E-state index in [1.165, 1.54) is 4.68 Å². The zero-order chi connectivity index (χ0) is 15.2. The molecule has 0 saturated heterocycles. The van der Waals surface area contributed by atoms with Gasteiger partial charge >= 0.3 is 5.97 Å². The molecule has 3 N–H and O–H groups in total. The Hall–Kier alpha value is -2.90. The maximum absolute atomic E-state index is 11.1. The number of carboxylic acids is 1. The van der Waals surface area contributed by atoms with E-state index in [0.717, 1.165) is 0 Å². The molecule has 0 fully saturated rings. The lowest BCUT2D eigenvalue weighted by molar-refractivity contribution is -0.118. The van der Waals surface area contributed by atoms with Crippen LogP contribution in [0.1, 0.15) is 16.2 Å². The molecule has 1 aromatic heterocycles. The van der Waals surface area contributed by atoms with E-state index in [1.54, 1.807) is 12.1 Å². The van der Waals surface area contributed by atoms with Crippen LogP contribution in [-0.2, 0) is 17.8 Å². The van der Waals surface area contributed by atoms with Crippen molar-refractivity contribution in [3.63, 3.8) is 0 Å². The van der Waals surface area contributed by atoms with Crippen molar-refractivity contribution in [3.8, 4) is 5.75 Å². The fraction of sp³-hybridized carbons (Fsp3) is 0.231. The molecule has 1 heterocycles. The largest absolute Gasteiger partial charge is 0.493 e. The molecule has 0 atom stereocenters. The quantitative estimate of drug-likeness (QED) is 0.745. The summed E-state index contributed by atoms with van der Waals surface area (Å²) < 4.78 is 6.68. The van der Waals surface area contributed by atoms with Gasteiger partial charge in [-0.2, -0.15) is 0 Å². The average Bonchev–Trinajstić information content (AvgIpc) is 2.82. The van der Waals surface area contributed by atoms with E-state index < -0.39 is 11.9 Å². The minimum atomic E-state index is -1.21. The number of ether oxygens (including phenoxy) is 1. The monoisotopic (exact) mass is 290 g/mol. The van der Waals surface area contributed by atoms with Gasteiger partial charge in [0.2, 0.25) is 5.91 Å². The molecule has 0 bridgehead atoms. The second-order valence-corrected chi connectivity index (χ2v) is 4.23. The number of carboxylic acid groups (broad SMARTS) is 1. The van der Waals surface area contributed by atoms with Crippen LogP contribution in [0.15, 0.2) is 30.3 Å². The van der Waals surface area contributed by atoms with Crippen LogP contribution in [0.4, 0.5) is 0 Å². The van der Waals surface area contributed by atoms with Crippen molar-refractivity contribution in [2.24, 2.45) is 5.73 Å². The molecule has 0 aliphatic heterocycles. The van der Waals surface area contributed by atoms with Gasteiger partial charge in [-0.1, -0.05) is 23.4 Å². The van der Waals surface area contributed by atoms with Crippen molar-refractivity contribution in [2.45, 2.75) is 13.0 Å². The molecule has 2 rings (SSSR count). The van der Waals surface area contributed by atoms with Crippen LogP contribution in [0.3, 0.4) is 0 Å². The van der Waals surface area contributed by atoms with Crippen LogP contribution in [0.2, 0.25) is 0 Å². The van der Waals surface area contributed by atoms with E-state index in [1.807, 2.05) is 18.2 Å². The van der Waals surface area contributed by atoms with Gasteiger partial charge in [0, 0.05) is 6.42 Å². The number of aromatic carboxylic acids is 1. The van der Waals surface area contributed by atoms with E-state index in [9.17, 15) is 9.59 Å². The van der Waals surface area contributed by atoms with Crippen molar-refractivity contribution in [1.82, 2.24) is 15.0 Å². The zero-order valence-electron chi connectivity index (χ0n) is 11.1. The summed E-state index contributed by atoms with van der Waals surface area (Å²) >= 11 is 0. The highest BCUT2D eigenvalue weighted by Gasteiger charge is 2.19. The van der Waals surface area contributed by atoms with Crippen molar-refractivity contribution in [2.75, 3.05) is 6.61 Å².